The fourth-order valence-electron chi connectivity index (χ4n) is 3.27. The zero-order chi connectivity index (χ0) is 20.1. The number of hydrogen-bond acceptors (Lipinski definition) is 6. The van der Waals surface area contributed by atoms with E-state index in [4.69, 9.17) is 20.0 Å². The highest BCUT2D eigenvalue weighted by Gasteiger charge is 2.24. The maximum absolute atomic E-state index is 5.94. The molecule has 1 unspecified atom stereocenters. The molecule has 0 fully saturated rings. The molecule has 0 aliphatic carbocycles. The number of oxime groups is 1. The molecule has 1 atom stereocenters. The first-order valence-corrected chi connectivity index (χ1v) is 9.48. The number of nitrogen functional groups attached to an aromatic ring is 1. The van der Waals surface area contributed by atoms with Gasteiger partial charge in [0.2, 0.25) is 0 Å². The van der Waals surface area contributed by atoms with E-state index in [1.807, 2.05) is 48.5 Å². The van der Waals surface area contributed by atoms with Gasteiger partial charge in [-0.25, -0.2) is 4.98 Å². The SMILES string of the molecule is COc1cccc(COc2ccc(CC3=NOC(c4cccnc4N)C3)cc2)c1. The van der Waals surface area contributed by atoms with Crippen LogP contribution in [-0.4, -0.2) is 17.8 Å². The van der Waals surface area contributed by atoms with Crippen molar-refractivity contribution in [1.82, 2.24) is 4.98 Å². The van der Waals surface area contributed by atoms with Crippen molar-refractivity contribution in [2.24, 2.45) is 5.16 Å². The first-order valence-electron chi connectivity index (χ1n) is 9.48. The smallest absolute Gasteiger partial charge is 0.161 e. The van der Waals surface area contributed by atoms with E-state index in [9.17, 15) is 0 Å². The molecule has 1 aliphatic rings. The lowest BCUT2D eigenvalue weighted by molar-refractivity contribution is 0.0860. The molecule has 2 aromatic carbocycles. The number of benzene rings is 2. The van der Waals surface area contributed by atoms with E-state index in [-0.39, 0.29) is 6.10 Å². The van der Waals surface area contributed by atoms with Crippen LogP contribution < -0.4 is 15.2 Å². The van der Waals surface area contributed by atoms with Crippen molar-refractivity contribution in [3.8, 4) is 11.5 Å². The minimum Gasteiger partial charge on any atom is -0.497 e. The van der Waals surface area contributed by atoms with Crippen molar-refractivity contribution in [2.75, 3.05) is 12.8 Å². The van der Waals surface area contributed by atoms with Gasteiger partial charge in [-0.2, -0.15) is 0 Å². The third kappa shape index (κ3) is 4.66. The van der Waals surface area contributed by atoms with Crippen LogP contribution in [0.2, 0.25) is 0 Å². The Morgan fingerprint density at radius 1 is 1.03 bits per heavy atom. The van der Waals surface area contributed by atoms with E-state index in [0.29, 0.717) is 18.8 Å². The van der Waals surface area contributed by atoms with Crippen LogP contribution in [0.5, 0.6) is 11.5 Å². The van der Waals surface area contributed by atoms with Gasteiger partial charge in [0, 0.05) is 24.6 Å². The molecule has 2 heterocycles. The van der Waals surface area contributed by atoms with Gasteiger partial charge in [-0.05, 0) is 47.5 Å². The summed E-state index contributed by atoms with van der Waals surface area (Å²) < 4.78 is 11.1. The van der Waals surface area contributed by atoms with Gasteiger partial charge < -0.3 is 20.0 Å². The fraction of sp³-hybridized carbons (Fsp3) is 0.217. The zero-order valence-electron chi connectivity index (χ0n) is 16.2. The molecule has 0 saturated carbocycles. The van der Waals surface area contributed by atoms with Gasteiger partial charge in [0.05, 0.1) is 12.8 Å². The highest BCUT2D eigenvalue weighted by atomic mass is 16.6. The Bertz CT molecular complexity index is 1000. The summed E-state index contributed by atoms with van der Waals surface area (Å²) in [7, 11) is 1.66. The van der Waals surface area contributed by atoms with Crippen LogP contribution in [0.1, 0.15) is 29.2 Å². The average molecular weight is 389 g/mol. The molecule has 6 nitrogen and oxygen atoms in total. The Kier molecular flexibility index (Phi) is 5.61. The van der Waals surface area contributed by atoms with Gasteiger partial charge in [-0.1, -0.05) is 29.4 Å². The first-order chi connectivity index (χ1) is 14.2. The molecule has 29 heavy (non-hydrogen) atoms. The molecule has 0 amide bonds. The fourth-order valence-corrected chi connectivity index (χ4v) is 3.27. The summed E-state index contributed by atoms with van der Waals surface area (Å²) in [5, 5.41) is 4.23. The number of anilines is 1. The van der Waals surface area contributed by atoms with Crippen molar-refractivity contribution in [3.05, 3.63) is 83.6 Å². The van der Waals surface area contributed by atoms with E-state index in [0.717, 1.165) is 40.3 Å². The number of aromatic nitrogens is 1. The molecule has 0 spiro atoms. The standard InChI is InChI=1S/C23H23N3O3/c1-27-20-5-2-4-17(13-20)15-28-19-9-7-16(8-10-19)12-18-14-22(29-26-18)21-6-3-11-25-23(21)24/h2-11,13,22H,12,14-15H2,1H3,(H2,24,25). The number of pyridine rings is 1. The Labute approximate surface area is 169 Å². The van der Waals surface area contributed by atoms with Crippen LogP contribution in [-0.2, 0) is 17.9 Å². The van der Waals surface area contributed by atoms with E-state index in [1.165, 1.54) is 0 Å². The second-order valence-electron chi connectivity index (χ2n) is 6.89. The second kappa shape index (κ2) is 8.65. The van der Waals surface area contributed by atoms with Crippen molar-refractivity contribution in [2.45, 2.75) is 25.6 Å². The van der Waals surface area contributed by atoms with Crippen LogP contribution >= 0.6 is 0 Å². The molecule has 0 bridgehead atoms. The molecular formula is C23H23N3O3. The van der Waals surface area contributed by atoms with E-state index < -0.39 is 0 Å². The van der Waals surface area contributed by atoms with Gasteiger partial charge in [0.1, 0.15) is 23.9 Å². The van der Waals surface area contributed by atoms with Crippen LogP contribution in [0.25, 0.3) is 0 Å². The molecule has 0 saturated heterocycles. The summed E-state index contributed by atoms with van der Waals surface area (Å²) in [4.78, 5) is 9.69. The zero-order valence-corrected chi connectivity index (χ0v) is 16.2. The number of ether oxygens (including phenoxy) is 2. The Hall–Kier alpha value is -3.54. The van der Waals surface area contributed by atoms with Gasteiger partial charge >= 0.3 is 0 Å². The summed E-state index contributed by atoms with van der Waals surface area (Å²) in [5.41, 5.74) is 10.0. The predicted molar refractivity (Wildman–Crippen MR) is 112 cm³/mol. The summed E-state index contributed by atoms with van der Waals surface area (Å²) in [5.74, 6) is 2.14. The molecular weight excluding hydrogens is 366 g/mol. The van der Waals surface area contributed by atoms with Crippen LogP contribution in [0.15, 0.2) is 72.0 Å². The second-order valence-corrected chi connectivity index (χ2v) is 6.89. The van der Waals surface area contributed by atoms with Crippen molar-refractivity contribution < 1.29 is 14.3 Å². The topological polar surface area (TPSA) is 79.0 Å². The van der Waals surface area contributed by atoms with Crippen molar-refractivity contribution in [1.29, 1.82) is 0 Å². The summed E-state index contributed by atoms with van der Waals surface area (Å²) in [6.45, 7) is 0.491. The van der Waals surface area contributed by atoms with Crippen LogP contribution in [0, 0.1) is 0 Å². The van der Waals surface area contributed by atoms with Gasteiger partial charge in [0.15, 0.2) is 6.10 Å². The normalized spacial score (nSPS) is 15.5. The molecule has 1 aliphatic heterocycles. The lowest BCUT2D eigenvalue weighted by Crippen LogP contribution is -2.06. The lowest BCUT2D eigenvalue weighted by Gasteiger charge is -2.10. The molecule has 3 aromatic rings. The number of nitrogens with zero attached hydrogens (tertiary/aromatic N) is 2. The molecule has 6 heteroatoms. The van der Waals surface area contributed by atoms with Crippen LogP contribution in [0.4, 0.5) is 5.82 Å². The first kappa shape index (κ1) is 18.8. The van der Waals surface area contributed by atoms with Crippen molar-refractivity contribution >= 4 is 11.5 Å². The molecule has 148 valence electrons. The maximum atomic E-state index is 5.94. The predicted octanol–water partition coefficient (Wildman–Crippen LogP) is 4.31. The number of rotatable bonds is 7. The molecule has 0 radical (unpaired) electrons. The van der Waals surface area contributed by atoms with E-state index in [2.05, 4.69) is 22.3 Å². The van der Waals surface area contributed by atoms with Crippen LogP contribution in [0.3, 0.4) is 0 Å². The number of methoxy groups -OCH3 is 1. The molecule has 4 rings (SSSR count). The summed E-state index contributed by atoms with van der Waals surface area (Å²) in [6.07, 6.45) is 2.95. The van der Waals surface area contributed by atoms with Gasteiger partial charge in [-0.3, -0.25) is 0 Å². The van der Waals surface area contributed by atoms with E-state index >= 15 is 0 Å². The Morgan fingerprint density at radius 3 is 2.69 bits per heavy atom. The van der Waals surface area contributed by atoms with Crippen molar-refractivity contribution in [3.63, 3.8) is 0 Å². The Morgan fingerprint density at radius 2 is 1.90 bits per heavy atom. The van der Waals surface area contributed by atoms with E-state index in [1.54, 1.807) is 13.3 Å². The third-order valence-corrected chi connectivity index (χ3v) is 4.82. The number of nitrogens with two attached hydrogens (primary N) is 1. The quantitative estimate of drug-likeness (QED) is 0.651. The number of hydrogen-bond donors (Lipinski definition) is 1. The van der Waals surface area contributed by atoms with Gasteiger partial charge in [-0.15, -0.1) is 0 Å². The minimum absolute atomic E-state index is 0.163. The minimum atomic E-state index is -0.163. The molecule has 1 aromatic heterocycles. The highest BCUT2D eigenvalue weighted by molar-refractivity contribution is 5.87. The highest BCUT2D eigenvalue weighted by Crippen LogP contribution is 2.31. The maximum Gasteiger partial charge on any atom is 0.161 e. The monoisotopic (exact) mass is 389 g/mol. The lowest BCUT2D eigenvalue weighted by atomic mass is 10.0. The average Bonchev–Trinajstić information content (AvgIpc) is 3.22. The summed E-state index contributed by atoms with van der Waals surface area (Å²) in [6, 6.07) is 19.7. The summed E-state index contributed by atoms with van der Waals surface area (Å²) >= 11 is 0. The largest absolute Gasteiger partial charge is 0.497 e. The molecule has 2 N–H and O–H groups in total. The van der Waals surface area contributed by atoms with Gasteiger partial charge in [0.25, 0.3) is 0 Å². The third-order valence-electron chi connectivity index (χ3n) is 4.82. The Balaban J connectivity index is 1.31.